The zero-order valence-electron chi connectivity index (χ0n) is 12.9. The Balaban J connectivity index is 2.05. The second kappa shape index (κ2) is 7.41. The number of carboxylic acid groups (broad SMARTS) is 1. The highest BCUT2D eigenvalue weighted by Crippen LogP contribution is 2.39. The first-order valence-corrected chi connectivity index (χ1v) is 8.14. The van der Waals surface area contributed by atoms with E-state index in [9.17, 15) is 9.90 Å². The Hall–Kier alpha value is -0.610. The predicted molar refractivity (Wildman–Crippen MR) is 78.8 cm³/mol. The lowest BCUT2D eigenvalue weighted by molar-refractivity contribution is -0.146. The SMILES string of the molecule is CCCC1CCC(C(=O)O)C(N(CCOC)C2CC2)C1. The van der Waals surface area contributed by atoms with E-state index in [1.807, 2.05) is 0 Å². The molecule has 2 aliphatic rings. The summed E-state index contributed by atoms with van der Waals surface area (Å²) in [6.07, 6.45) is 7.90. The molecule has 2 fully saturated rings. The van der Waals surface area contributed by atoms with Gasteiger partial charge in [0.05, 0.1) is 12.5 Å². The van der Waals surface area contributed by atoms with E-state index in [-0.39, 0.29) is 12.0 Å². The molecular formula is C16H29NO3. The van der Waals surface area contributed by atoms with E-state index in [0.29, 0.717) is 18.6 Å². The van der Waals surface area contributed by atoms with Crippen LogP contribution in [0.5, 0.6) is 0 Å². The van der Waals surface area contributed by atoms with E-state index in [1.165, 1.54) is 25.7 Å². The van der Waals surface area contributed by atoms with Gasteiger partial charge in [-0.15, -0.1) is 0 Å². The van der Waals surface area contributed by atoms with Crippen LogP contribution in [0.3, 0.4) is 0 Å². The van der Waals surface area contributed by atoms with Gasteiger partial charge in [0, 0.05) is 25.7 Å². The Labute approximate surface area is 122 Å². The maximum atomic E-state index is 11.6. The highest BCUT2D eigenvalue weighted by atomic mass is 16.5. The summed E-state index contributed by atoms with van der Waals surface area (Å²) < 4.78 is 5.22. The van der Waals surface area contributed by atoms with Crippen LogP contribution in [0.25, 0.3) is 0 Å². The lowest BCUT2D eigenvalue weighted by Gasteiger charge is -2.41. The number of hydrogen-bond donors (Lipinski definition) is 1. The Kier molecular flexibility index (Phi) is 5.85. The molecule has 0 bridgehead atoms. The first-order valence-electron chi connectivity index (χ1n) is 8.14. The van der Waals surface area contributed by atoms with Gasteiger partial charge < -0.3 is 9.84 Å². The maximum Gasteiger partial charge on any atom is 0.308 e. The number of nitrogens with zero attached hydrogens (tertiary/aromatic N) is 1. The van der Waals surface area contributed by atoms with Gasteiger partial charge in [0.1, 0.15) is 0 Å². The minimum absolute atomic E-state index is 0.180. The molecule has 0 heterocycles. The molecule has 0 saturated heterocycles. The zero-order valence-corrected chi connectivity index (χ0v) is 12.9. The molecule has 0 amide bonds. The van der Waals surface area contributed by atoms with E-state index in [1.54, 1.807) is 7.11 Å². The third-order valence-electron chi connectivity index (χ3n) is 4.93. The molecule has 3 unspecified atom stereocenters. The van der Waals surface area contributed by atoms with Gasteiger partial charge in [-0.3, -0.25) is 9.69 Å². The summed E-state index contributed by atoms with van der Waals surface area (Å²) in [5, 5.41) is 9.54. The lowest BCUT2D eigenvalue weighted by atomic mass is 9.76. The van der Waals surface area contributed by atoms with Gasteiger partial charge in [-0.25, -0.2) is 0 Å². The molecule has 2 saturated carbocycles. The van der Waals surface area contributed by atoms with Crippen molar-refractivity contribution in [3.63, 3.8) is 0 Å². The molecule has 4 heteroatoms. The lowest BCUT2D eigenvalue weighted by Crippen LogP contribution is -2.49. The van der Waals surface area contributed by atoms with Crippen molar-refractivity contribution < 1.29 is 14.6 Å². The van der Waals surface area contributed by atoms with Crippen molar-refractivity contribution in [1.82, 2.24) is 4.90 Å². The summed E-state index contributed by atoms with van der Waals surface area (Å²) in [5.74, 6) is -0.0713. The molecule has 20 heavy (non-hydrogen) atoms. The Morgan fingerprint density at radius 1 is 1.30 bits per heavy atom. The van der Waals surface area contributed by atoms with Crippen molar-refractivity contribution in [2.75, 3.05) is 20.3 Å². The standard InChI is InChI=1S/C16H29NO3/c1-3-4-12-5-8-14(16(18)19)15(11-12)17(9-10-20-2)13-6-7-13/h12-15H,3-11H2,1-2H3,(H,18,19). The largest absolute Gasteiger partial charge is 0.481 e. The monoisotopic (exact) mass is 283 g/mol. The minimum Gasteiger partial charge on any atom is -0.481 e. The molecule has 0 aromatic rings. The van der Waals surface area contributed by atoms with Crippen LogP contribution in [0, 0.1) is 11.8 Å². The van der Waals surface area contributed by atoms with E-state index >= 15 is 0 Å². The predicted octanol–water partition coefficient (Wildman–Crippen LogP) is 2.77. The second-order valence-corrected chi connectivity index (χ2v) is 6.44. The highest BCUT2D eigenvalue weighted by Gasteiger charge is 2.42. The summed E-state index contributed by atoms with van der Waals surface area (Å²) in [6.45, 7) is 3.81. The Bertz CT molecular complexity index is 317. The van der Waals surface area contributed by atoms with Crippen molar-refractivity contribution >= 4 is 5.97 Å². The van der Waals surface area contributed by atoms with E-state index < -0.39 is 5.97 Å². The number of hydrogen-bond acceptors (Lipinski definition) is 3. The molecule has 0 aromatic carbocycles. The van der Waals surface area contributed by atoms with Gasteiger partial charge in [0.2, 0.25) is 0 Å². The van der Waals surface area contributed by atoms with Gasteiger partial charge >= 0.3 is 5.97 Å². The van der Waals surface area contributed by atoms with Gasteiger partial charge in [-0.2, -0.15) is 0 Å². The number of methoxy groups -OCH3 is 1. The highest BCUT2D eigenvalue weighted by molar-refractivity contribution is 5.71. The molecule has 0 radical (unpaired) electrons. The van der Waals surface area contributed by atoms with E-state index in [0.717, 1.165) is 25.8 Å². The van der Waals surface area contributed by atoms with E-state index in [4.69, 9.17) is 4.74 Å². The maximum absolute atomic E-state index is 11.6. The third kappa shape index (κ3) is 3.95. The summed E-state index contributed by atoms with van der Waals surface area (Å²) in [7, 11) is 1.72. The molecule has 2 rings (SSSR count). The van der Waals surface area contributed by atoms with Crippen LogP contribution < -0.4 is 0 Å². The average molecular weight is 283 g/mol. The van der Waals surface area contributed by atoms with Gasteiger partial charge in [-0.1, -0.05) is 19.8 Å². The third-order valence-corrected chi connectivity index (χ3v) is 4.93. The fourth-order valence-corrected chi connectivity index (χ4v) is 3.78. The van der Waals surface area contributed by atoms with Crippen molar-refractivity contribution in [3.8, 4) is 0 Å². The van der Waals surface area contributed by atoms with Crippen LogP contribution in [-0.2, 0) is 9.53 Å². The molecule has 0 spiro atoms. The molecular weight excluding hydrogens is 254 g/mol. The number of carbonyl (C=O) groups is 1. The first-order chi connectivity index (χ1) is 9.67. The first kappa shape index (κ1) is 15.8. The second-order valence-electron chi connectivity index (χ2n) is 6.44. The number of aliphatic carboxylic acids is 1. The topological polar surface area (TPSA) is 49.8 Å². The fraction of sp³-hybridized carbons (Fsp3) is 0.938. The van der Waals surface area contributed by atoms with Crippen LogP contribution in [0.15, 0.2) is 0 Å². The normalized spacial score (nSPS) is 30.6. The van der Waals surface area contributed by atoms with Crippen LogP contribution in [0.4, 0.5) is 0 Å². The van der Waals surface area contributed by atoms with Crippen molar-refractivity contribution in [3.05, 3.63) is 0 Å². The van der Waals surface area contributed by atoms with Gasteiger partial charge in [-0.05, 0) is 38.0 Å². The van der Waals surface area contributed by atoms with Crippen LogP contribution in [0.2, 0.25) is 0 Å². The van der Waals surface area contributed by atoms with Gasteiger partial charge in [0.25, 0.3) is 0 Å². The summed E-state index contributed by atoms with van der Waals surface area (Å²) in [5.41, 5.74) is 0. The summed E-state index contributed by atoms with van der Waals surface area (Å²) in [4.78, 5) is 14.0. The van der Waals surface area contributed by atoms with Crippen LogP contribution >= 0.6 is 0 Å². The average Bonchev–Trinajstić information content (AvgIpc) is 3.24. The molecule has 2 aliphatic carbocycles. The number of ether oxygens (including phenoxy) is 1. The van der Waals surface area contributed by atoms with Crippen molar-refractivity contribution in [2.24, 2.45) is 11.8 Å². The number of carboxylic acids is 1. The zero-order chi connectivity index (χ0) is 14.5. The summed E-state index contributed by atoms with van der Waals surface area (Å²) in [6, 6.07) is 0.831. The quantitative estimate of drug-likeness (QED) is 0.744. The van der Waals surface area contributed by atoms with Gasteiger partial charge in [0.15, 0.2) is 0 Å². The fourth-order valence-electron chi connectivity index (χ4n) is 3.78. The molecule has 116 valence electrons. The smallest absolute Gasteiger partial charge is 0.308 e. The molecule has 1 N–H and O–H groups in total. The van der Waals surface area contributed by atoms with Crippen molar-refractivity contribution in [1.29, 1.82) is 0 Å². The van der Waals surface area contributed by atoms with E-state index in [2.05, 4.69) is 11.8 Å². The molecule has 4 nitrogen and oxygen atoms in total. The molecule has 0 aromatic heterocycles. The molecule has 3 atom stereocenters. The number of rotatable bonds is 8. The van der Waals surface area contributed by atoms with Crippen molar-refractivity contribution in [2.45, 2.75) is 64.0 Å². The minimum atomic E-state index is -0.604. The Morgan fingerprint density at radius 2 is 2.05 bits per heavy atom. The summed E-state index contributed by atoms with van der Waals surface area (Å²) >= 11 is 0. The van der Waals surface area contributed by atoms with Crippen LogP contribution in [-0.4, -0.2) is 48.3 Å². The van der Waals surface area contributed by atoms with Crippen LogP contribution in [0.1, 0.15) is 51.9 Å². The Morgan fingerprint density at radius 3 is 2.60 bits per heavy atom. The molecule has 0 aliphatic heterocycles.